The third-order valence-electron chi connectivity index (χ3n) is 4.91. The van der Waals surface area contributed by atoms with Crippen molar-refractivity contribution >= 4 is 17.7 Å². The second kappa shape index (κ2) is 17.0. The predicted molar refractivity (Wildman–Crippen MR) is 135 cm³/mol. The molecule has 170 valence electrons. The summed E-state index contributed by atoms with van der Waals surface area (Å²) in [6.45, 7) is 18.7. The summed E-state index contributed by atoms with van der Waals surface area (Å²) < 4.78 is 0. The van der Waals surface area contributed by atoms with Crippen molar-refractivity contribution in [1.82, 2.24) is 5.32 Å². The highest BCUT2D eigenvalue weighted by atomic mass is 32.2. The van der Waals surface area contributed by atoms with Crippen molar-refractivity contribution < 1.29 is 9.90 Å². The molecule has 0 aromatic rings. The van der Waals surface area contributed by atoms with Crippen LogP contribution in [-0.2, 0) is 4.79 Å². The van der Waals surface area contributed by atoms with Gasteiger partial charge in [0.15, 0.2) is 0 Å². The van der Waals surface area contributed by atoms with Gasteiger partial charge >= 0.3 is 5.97 Å². The number of aliphatic carboxylic acids is 1. The number of allylic oxidation sites excluding steroid dienone is 7. The summed E-state index contributed by atoms with van der Waals surface area (Å²) in [4.78, 5) is 11.5. The molecule has 0 spiro atoms. The lowest BCUT2D eigenvalue weighted by molar-refractivity contribution is -0.138. The molecule has 4 heteroatoms. The van der Waals surface area contributed by atoms with Gasteiger partial charge in [0, 0.05) is 17.2 Å². The van der Waals surface area contributed by atoms with Crippen LogP contribution >= 0.6 is 11.8 Å². The summed E-state index contributed by atoms with van der Waals surface area (Å²) in [5.41, 5.74) is 6.13. The molecule has 0 aromatic heterocycles. The first-order valence-corrected chi connectivity index (χ1v) is 12.2. The van der Waals surface area contributed by atoms with E-state index in [0.717, 1.165) is 62.0 Å². The molecule has 0 bridgehead atoms. The van der Waals surface area contributed by atoms with Gasteiger partial charge in [0.05, 0.1) is 0 Å². The Labute approximate surface area is 189 Å². The SMILES string of the molecule is C=C(CC)CCC(=C)NC(CSC/C=C(\C)CC/C=C(\C)CCC=C(C)C)C(=O)O. The molecule has 0 radical (unpaired) electrons. The van der Waals surface area contributed by atoms with E-state index in [1.165, 1.54) is 16.7 Å². The molecule has 1 atom stereocenters. The van der Waals surface area contributed by atoms with Crippen molar-refractivity contribution in [2.24, 2.45) is 0 Å². The molecule has 0 rings (SSSR count). The molecule has 0 fully saturated rings. The van der Waals surface area contributed by atoms with E-state index in [9.17, 15) is 9.90 Å². The van der Waals surface area contributed by atoms with Crippen LogP contribution in [0.3, 0.4) is 0 Å². The molecule has 3 nitrogen and oxygen atoms in total. The predicted octanol–water partition coefficient (Wildman–Crippen LogP) is 7.44. The quantitative estimate of drug-likeness (QED) is 0.185. The fourth-order valence-electron chi connectivity index (χ4n) is 2.72. The van der Waals surface area contributed by atoms with E-state index in [-0.39, 0.29) is 0 Å². The summed E-state index contributed by atoms with van der Waals surface area (Å²) in [7, 11) is 0. The van der Waals surface area contributed by atoms with Gasteiger partial charge in [-0.1, -0.05) is 60.6 Å². The molecule has 0 aliphatic rings. The number of rotatable bonds is 17. The normalized spacial score (nSPS) is 13.0. The van der Waals surface area contributed by atoms with Gasteiger partial charge in [-0.3, -0.25) is 0 Å². The van der Waals surface area contributed by atoms with E-state index < -0.39 is 12.0 Å². The number of thioether (sulfide) groups is 1. The van der Waals surface area contributed by atoms with Gasteiger partial charge in [-0.25, -0.2) is 4.79 Å². The van der Waals surface area contributed by atoms with Crippen LogP contribution in [0.4, 0.5) is 0 Å². The standard InChI is InChI=1S/C26H43NO2S/c1-8-21(4)15-16-24(7)27-25(26(28)29)19-30-18-17-23(6)14-10-13-22(5)12-9-11-20(2)3/h11,13,17,25,27H,4,7-10,12,14-16,18-19H2,1-3,5-6H3,(H,28,29)/b22-13+,23-17+. The van der Waals surface area contributed by atoms with Crippen LogP contribution in [-0.4, -0.2) is 28.6 Å². The monoisotopic (exact) mass is 433 g/mol. The van der Waals surface area contributed by atoms with Crippen LogP contribution < -0.4 is 5.32 Å². The molecule has 2 N–H and O–H groups in total. The third-order valence-corrected chi connectivity index (χ3v) is 5.89. The van der Waals surface area contributed by atoms with E-state index in [2.05, 4.69) is 71.3 Å². The Balaban J connectivity index is 4.22. The Morgan fingerprint density at radius 2 is 1.57 bits per heavy atom. The summed E-state index contributed by atoms with van der Waals surface area (Å²) in [6, 6.07) is -0.600. The average Bonchev–Trinajstić information content (AvgIpc) is 2.67. The smallest absolute Gasteiger partial charge is 0.326 e. The lowest BCUT2D eigenvalue weighted by atomic mass is 10.1. The molecule has 30 heavy (non-hydrogen) atoms. The van der Waals surface area contributed by atoms with Crippen LogP contribution in [0.1, 0.15) is 79.6 Å². The number of carboxylic acid groups (broad SMARTS) is 1. The minimum Gasteiger partial charge on any atom is -0.480 e. The van der Waals surface area contributed by atoms with E-state index in [1.54, 1.807) is 11.8 Å². The lowest BCUT2D eigenvalue weighted by Gasteiger charge is -2.17. The van der Waals surface area contributed by atoms with Crippen molar-refractivity contribution in [3.63, 3.8) is 0 Å². The Morgan fingerprint density at radius 1 is 0.967 bits per heavy atom. The first kappa shape index (κ1) is 28.3. The fraction of sp³-hybridized carbons (Fsp3) is 0.577. The highest BCUT2D eigenvalue weighted by molar-refractivity contribution is 7.99. The van der Waals surface area contributed by atoms with Crippen LogP contribution in [0.5, 0.6) is 0 Å². The first-order chi connectivity index (χ1) is 14.1. The minimum absolute atomic E-state index is 0.524. The Kier molecular flexibility index (Phi) is 16.1. The Morgan fingerprint density at radius 3 is 2.13 bits per heavy atom. The first-order valence-electron chi connectivity index (χ1n) is 11.0. The molecular weight excluding hydrogens is 390 g/mol. The topological polar surface area (TPSA) is 49.3 Å². The van der Waals surface area contributed by atoms with Gasteiger partial charge < -0.3 is 10.4 Å². The maximum Gasteiger partial charge on any atom is 0.326 e. The van der Waals surface area contributed by atoms with Gasteiger partial charge in [0.25, 0.3) is 0 Å². The number of nitrogens with one attached hydrogen (secondary N) is 1. The van der Waals surface area contributed by atoms with Crippen molar-refractivity contribution in [3.05, 3.63) is 59.4 Å². The van der Waals surface area contributed by atoms with Gasteiger partial charge in [-0.2, -0.15) is 11.8 Å². The van der Waals surface area contributed by atoms with Crippen LogP contribution in [0.2, 0.25) is 0 Å². The lowest BCUT2D eigenvalue weighted by Crippen LogP contribution is -2.38. The second-order valence-electron chi connectivity index (χ2n) is 8.24. The zero-order chi connectivity index (χ0) is 22.9. The molecule has 0 saturated carbocycles. The Hall–Kier alpha value is -1.68. The molecule has 0 aliphatic heterocycles. The van der Waals surface area contributed by atoms with E-state index in [4.69, 9.17) is 0 Å². The molecule has 0 saturated heterocycles. The highest BCUT2D eigenvalue weighted by Gasteiger charge is 2.17. The van der Waals surface area contributed by atoms with Crippen molar-refractivity contribution in [2.45, 2.75) is 85.6 Å². The molecule has 0 aliphatic carbocycles. The zero-order valence-corrected chi connectivity index (χ0v) is 20.7. The van der Waals surface area contributed by atoms with E-state index in [1.807, 2.05) is 0 Å². The molecule has 0 heterocycles. The van der Waals surface area contributed by atoms with E-state index >= 15 is 0 Å². The molecule has 1 unspecified atom stereocenters. The summed E-state index contributed by atoms with van der Waals surface area (Å²) in [5, 5.41) is 12.5. The number of carboxylic acids is 1. The van der Waals surface area contributed by atoms with Crippen LogP contribution in [0, 0.1) is 0 Å². The summed E-state index contributed by atoms with van der Waals surface area (Å²) >= 11 is 1.64. The molecule has 0 amide bonds. The number of hydrogen-bond acceptors (Lipinski definition) is 3. The van der Waals surface area contributed by atoms with Gasteiger partial charge in [-0.05, 0) is 72.6 Å². The third kappa shape index (κ3) is 16.2. The summed E-state index contributed by atoms with van der Waals surface area (Å²) in [5.74, 6) is 0.531. The van der Waals surface area contributed by atoms with E-state index in [0.29, 0.717) is 5.75 Å². The van der Waals surface area contributed by atoms with Crippen molar-refractivity contribution in [3.8, 4) is 0 Å². The van der Waals surface area contributed by atoms with Crippen LogP contribution in [0.15, 0.2) is 59.4 Å². The maximum absolute atomic E-state index is 11.5. The number of hydrogen-bond donors (Lipinski definition) is 2. The zero-order valence-electron chi connectivity index (χ0n) is 19.9. The van der Waals surface area contributed by atoms with Gasteiger partial charge in [-0.15, -0.1) is 0 Å². The summed E-state index contributed by atoms with van der Waals surface area (Å²) in [6.07, 6.45) is 13.8. The van der Waals surface area contributed by atoms with Crippen molar-refractivity contribution in [2.75, 3.05) is 11.5 Å². The average molecular weight is 434 g/mol. The number of carbonyl (C=O) groups is 1. The minimum atomic E-state index is -0.826. The Bertz CT molecular complexity index is 639. The molecule has 0 aromatic carbocycles. The highest BCUT2D eigenvalue weighted by Crippen LogP contribution is 2.14. The second-order valence-corrected chi connectivity index (χ2v) is 9.31. The maximum atomic E-state index is 11.5. The fourth-order valence-corrected chi connectivity index (χ4v) is 3.72. The molecular formula is C26H43NO2S. The van der Waals surface area contributed by atoms with Gasteiger partial charge in [0.1, 0.15) is 6.04 Å². The van der Waals surface area contributed by atoms with Gasteiger partial charge in [0.2, 0.25) is 0 Å². The van der Waals surface area contributed by atoms with Crippen molar-refractivity contribution in [1.29, 1.82) is 0 Å². The van der Waals surface area contributed by atoms with Crippen LogP contribution in [0.25, 0.3) is 0 Å². The largest absolute Gasteiger partial charge is 0.480 e.